The molecule has 8 nitrogen and oxygen atoms in total. The average molecular weight is 509 g/mol. The van der Waals surface area contributed by atoms with Crippen molar-refractivity contribution in [3.63, 3.8) is 0 Å². The Balaban J connectivity index is 1.66. The van der Waals surface area contributed by atoms with E-state index in [1.54, 1.807) is 26.2 Å². The highest BCUT2D eigenvalue weighted by Gasteiger charge is 2.24. The van der Waals surface area contributed by atoms with E-state index in [1.807, 2.05) is 6.07 Å². The maximum absolute atomic E-state index is 15.3. The summed E-state index contributed by atoms with van der Waals surface area (Å²) in [5.74, 6) is -3.08. The Bertz CT molecular complexity index is 1330. The molecule has 1 aliphatic rings. The molecule has 1 atom stereocenters. The van der Waals surface area contributed by atoms with Crippen LogP contribution in [0.15, 0.2) is 42.7 Å². The van der Waals surface area contributed by atoms with Crippen molar-refractivity contribution in [2.45, 2.75) is 45.2 Å². The monoisotopic (exact) mass is 508 g/mol. The first-order valence-electron chi connectivity index (χ1n) is 12.2. The summed E-state index contributed by atoms with van der Waals surface area (Å²) in [6, 6.07) is 6.42. The first-order chi connectivity index (χ1) is 17.7. The number of anilines is 2. The first-order valence-corrected chi connectivity index (χ1v) is 12.2. The molecule has 10 heteroatoms. The fraction of sp³-hybridized carbons (Fsp3) is 0.333. The number of hydrogen-bond acceptors (Lipinski definition) is 7. The van der Waals surface area contributed by atoms with Gasteiger partial charge in [-0.15, -0.1) is 0 Å². The Morgan fingerprint density at radius 3 is 2.70 bits per heavy atom. The number of hydrogen-bond donors (Lipinski definition) is 3. The van der Waals surface area contributed by atoms with Gasteiger partial charge in [-0.2, -0.15) is 0 Å². The van der Waals surface area contributed by atoms with Gasteiger partial charge in [0.25, 0.3) is 5.91 Å². The predicted octanol–water partition coefficient (Wildman–Crippen LogP) is 3.50. The van der Waals surface area contributed by atoms with Crippen LogP contribution in [0, 0.1) is 11.6 Å². The maximum Gasteiger partial charge on any atom is 0.254 e. The number of Topliss-reactive ketones (excluding diaryl/α,β-unsaturated/α-hetero) is 1. The number of halogens is 2. The number of nitrogens with zero attached hydrogens (tertiary/aromatic N) is 3. The van der Waals surface area contributed by atoms with Gasteiger partial charge in [0, 0.05) is 55.2 Å². The van der Waals surface area contributed by atoms with E-state index in [-0.39, 0.29) is 41.1 Å². The molecule has 3 heterocycles. The first kappa shape index (κ1) is 26.2. The predicted molar refractivity (Wildman–Crippen MR) is 138 cm³/mol. The van der Waals surface area contributed by atoms with Gasteiger partial charge < -0.3 is 21.7 Å². The molecule has 0 unspecified atom stereocenters. The maximum atomic E-state index is 15.3. The number of nitrogens with one attached hydrogen (secondary N) is 1. The summed E-state index contributed by atoms with van der Waals surface area (Å²) >= 11 is 0. The minimum atomic E-state index is -1.06. The van der Waals surface area contributed by atoms with Gasteiger partial charge >= 0.3 is 0 Å². The minimum Gasteiger partial charge on any atom is -0.397 e. The highest BCUT2D eigenvalue weighted by molar-refractivity contribution is 6.01. The van der Waals surface area contributed by atoms with Crippen LogP contribution in [-0.4, -0.2) is 46.8 Å². The van der Waals surface area contributed by atoms with E-state index in [0.29, 0.717) is 12.1 Å². The molecule has 194 valence electrons. The molecule has 0 saturated carbocycles. The lowest BCUT2D eigenvalue weighted by atomic mass is 10.0. The van der Waals surface area contributed by atoms with Crippen molar-refractivity contribution < 1.29 is 18.4 Å². The zero-order valence-corrected chi connectivity index (χ0v) is 20.8. The van der Waals surface area contributed by atoms with Crippen molar-refractivity contribution in [3.05, 3.63) is 71.2 Å². The van der Waals surface area contributed by atoms with Crippen LogP contribution in [0.2, 0.25) is 0 Å². The largest absolute Gasteiger partial charge is 0.397 e. The molecule has 1 aliphatic heterocycles. The van der Waals surface area contributed by atoms with E-state index in [2.05, 4.69) is 20.2 Å². The van der Waals surface area contributed by atoms with Gasteiger partial charge in [-0.25, -0.2) is 13.8 Å². The number of rotatable bonds is 7. The minimum absolute atomic E-state index is 0.0441. The number of carbonyl (C=O) groups excluding carboxylic acids is 2. The fourth-order valence-electron chi connectivity index (χ4n) is 4.49. The molecule has 1 fully saturated rings. The smallest absolute Gasteiger partial charge is 0.254 e. The van der Waals surface area contributed by atoms with E-state index in [0.717, 1.165) is 37.2 Å². The molecule has 3 aromatic rings. The van der Waals surface area contributed by atoms with Crippen LogP contribution >= 0.6 is 0 Å². The zero-order valence-electron chi connectivity index (χ0n) is 20.8. The molecular formula is C27H30F2N6O2. The van der Waals surface area contributed by atoms with Gasteiger partial charge in [0.15, 0.2) is 5.78 Å². The van der Waals surface area contributed by atoms with Crippen LogP contribution in [0.25, 0.3) is 11.3 Å². The van der Waals surface area contributed by atoms with E-state index in [4.69, 9.17) is 11.5 Å². The molecule has 2 aromatic heterocycles. The third kappa shape index (κ3) is 5.75. The van der Waals surface area contributed by atoms with E-state index in [9.17, 15) is 14.0 Å². The summed E-state index contributed by atoms with van der Waals surface area (Å²) < 4.78 is 30.1. The lowest BCUT2D eigenvalue weighted by Gasteiger charge is -2.33. The van der Waals surface area contributed by atoms with Gasteiger partial charge in [-0.05, 0) is 57.0 Å². The molecule has 37 heavy (non-hydrogen) atoms. The van der Waals surface area contributed by atoms with Crippen LogP contribution in [0.1, 0.15) is 53.1 Å². The highest BCUT2D eigenvalue weighted by Crippen LogP contribution is 2.30. The second-order valence-electron chi connectivity index (χ2n) is 9.50. The molecule has 0 spiro atoms. The summed E-state index contributed by atoms with van der Waals surface area (Å²) in [6.45, 7) is 4.94. The number of amides is 1. The van der Waals surface area contributed by atoms with Crippen LogP contribution in [0.5, 0.6) is 0 Å². The number of pyridine rings is 2. The quantitative estimate of drug-likeness (QED) is 0.417. The van der Waals surface area contributed by atoms with Gasteiger partial charge in [0.2, 0.25) is 0 Å². The van der Waals surface area contributed by atoms with Crippen molar-refractivity contribution in [3.8, 4) is 11.3 Å². The van der Waals surface area contributed by atoms with Gasteiger partial charge in [-0.3, -0.25) is 14.6 Å². The van der Waals surface area contributed by atoms with E-state index < -0.39 is 28.9 Å². The molecular weight excluding hydrogens is 478 g/mol. The standard InChI is InChI=1S/C27H30F2N6O2/c1-15(2)33-27(37)18-5-6-19(28)24(25(18)29)21-8-7-20(31)26(34-21)23(36)12-16-13-32-10-9-22(16)35-11-3-4-17(30)14-35/h5-10,13,15,17H,3-4,11-12,14,30-31H2,1-2H3,(H,33,37)/t17-/m0/s1. The lowest BCUT2D eigenvalue weighted by molar-refractivity contribution is 0.0937. The zero-order chi connectivity index (χ0) is 26.7. The van der Waals surface area contributed by atoms with E-state index in [1.165, 1.54) is 12.1 Å². The highest BCUT2D eigenvalue weighted by atomic mass is 19.1. The number of benzene rings is 1. The number of nitrogens with two attached hydrogens (primary N) is 2. The fourth-order valence-corrected chi connectivity index (χ4v) is 4.49. The molecule has 1 aromatic carbocycles. The number of nitrogen functional groups attached to an aromatic ring is 1. The van der Waals surface area contributed by atoms with Crippen LogP contribution in [-0.2, 0) is 6.42 Å². The Hall–Kier alpha value is -3.92. The Morgan fingerprint density at radius 2 is 1.97 bits per heavy atom. The number of ketones is 1. The van der Waals surface area contributed by atoms with Crippen LogP contribution in [0.4, 0.5) is 20.2 Å². The van der Waals surface area contributed by atoms with Gasteiger partial charge in [-0.1, -0.05) is 0 Å². The Kier molecular flexibility index (Phi) is 7.77. The second kappa shape index (κ2) is 11.0. The molecule has 0 radical (unpaired) electrons. The molecule has 0 aliphatic carbocycles. The molecule has 4 rings (SSSR count). The summed E-state index contributed by atoms with van der Waals surface area (Å²) in [4.78, 5) is 36.2. The summed E-state index contributed by atoms with van der Waals surface area (Å²) in [6.07, 6.45) is 5.10. The van der Waals surface area contributed by atoms with E-state index >= 15 is 4.39 Å². The van der Waals surface area contributed by atoms with Crippen molar-refractivity contribution in [1.82, 2.24) is 15.3 Å². The van der Waals surface area contributed by atoms with Crippen molar-refractivity contribution in [2.24, 2.45) is 5.73 Å². The molecule has 1 amide bonds. The average Bonchev–Trinajstić information content (AvgIpc) is 2.84. The number of carbonyl (C=O) groups is 2. The molecule has 5 N–H and O–H groups in total. The van der Waals surface area contributed by atoms with Gasteiger partial charge in [0.05, 0.1) is 22.5 Å². The van der Waals surface area contributed by atoms with Crippen molar-refractivity contribution >= 4 is 23.1 Å². The number of aromatic nitrogens is 2. The topological polar surface area (TPSA) is 127 Å². The molecule has 1 saturated heterocycles. The lowest BCUT2D eigenvalue weighted by Crippen LogP contribution is -2.43. The Labute approximate surface area is 214 Å². The Morgan fingerprint density at radius 1 is 1.19 bits per heavy atom. The van der Waals surface area contributed by atoms with Crippen LogP contribution < -0.4 is 21.7 Å². The third-order valence-corrected chi connectivity index (χ3v) is 6.23. The van der Waals surface area contributed by atoms with Crippen molar-refractivity contribution in [2.75, 3.05) is 23.7 Å². The van der Waals surface area contributed by atoms with Gasteiger partial charge in [0.1, 0.15) is 17.3 Å². The molecule has 0 bridgehead atoms. The SMILES string of the molecule is CC(C)NC(=O)c1ccc(F)c(-c2ccc(N)c(C(=O)Cc3cnccc3N3CCC[C@H](N)C3)n2)c1F. The number of piperidine rings is 1. The third-order valence-electron chi connectivity index (χ3n) is 6.23. The summed E-state index contributed by atoms with van der Waals surface area (Å²) in [7, 11) is 0. The second-order valence-corrected chi connectivity index (χ2v) is 9.50. The summed E-state index contributed by atoms with van der Waals surface area (Å²) in [5, 5.41) is 2.59. The summed E-state index contributed by atoms with van der Waals surface area (Å²) in [5.41, 5.74) is 12.7. The van der Waals surface area contributed by atoms with Crippen LogP contribution in [0.3, 0.4) is 0 Å². The van der Waals surface area contributed by atoms with Crippen molar-refractivity contribution in [1.29, 1.82) is 0 Å². The normalized spacial score (nSPS) is 15.6.